The third kappa shape index (κ3) is 2.61. The summed E-state index contributed by atoms with van der Waals surface area (Å²) in [6, 6.07) is 14.9. The van der Waals surface area contributed by atoms with E-state index in [1.165, 1.54) is 16.8 Å². The quantitative estimate of drug-likeness (QED) is 0.745. The van der Waals surface area contributed by atoms with Crippen LogP contribution >= 0.6 is 11.6 Å². The van der Waals surface area contributed by atoms with E-state index >= 15 is 0 Å². The Balaban J connectivity index is 1.72. The minimum absolute atomic E-state index is 0.317. The van der Waals surface area contributed by atoms with Gasteiger partial charge in [-0.1, -0.05) is 35.9 Å². The smallest absolute Gasteiger partial charge is 0.119 e. The third-order valence-corrected chi connectivity index (χ3v) is 5.13. The lowest BCUT2D eigenvalue weighted by Gasteiger charge is -2.37. The molecule has 0 unspecified atom stereocenters. The summed E-state index contributed by atoms with van der Waals surface area (Å²) in [5.74, 6) is 1.95. The van der Waals surface area contributed by atoms with Crippen LogP contribution in [0.2, 0.25) is 5.02 Å². The zero-order chi connectivity index (χ0) is 15.8. The van der Waals surface area contributed by atoms with Gasteiger partial charge in [-0.15, -0.1) is 0 Å². The zero-order valence-electron chi connectivity index (χ0n) is 13.1. The number of nitrogens with one attached hydrogen (secondary N) is 1. The number of hydrogen-bond acceptors (Lipinski definition) is 2. The molecule has 2 nitrogen and oxygen atoms in total. The monoisotopic (exact) mass is 325 g/mol. The Kier molecular flexibility index (Phi) is 3.78. The van der Waals surface area contributed by atoms with Crippen LogP contribution in [0.1, 0.15) is 36.4 Å². The van der Waals surface area contributed by atoms with Crippen molar-refractivity contribution in [1.29, 1.82) is 0 Å². The van der Waals surface area contributed by atoms with Crippen LogP contribution in [0.4, 0.5) is 5.69 Å². The van der Waals surface area contributed by atoms with E-state index in [2.05, 4.69) is 41.7 Å². The minimum Gasteiger partial charge on any atom is -0.494 e. The fourth-order valence-electron chi connectivity index (χ4n) is 3.83. The highest BCUT2D eigenvalue weighted by molar-refractivity contribution is 6.30. The van der Waals surface area contributed by atoms with Gasteiger partial charge in [0.05, 0.1) is 12.6 Å². The van der Waals surface area contributed by atoms with Crippen molar-refractivity contribution in [2.75, 3.05) is 11.9 Å². The standard InChI is InChI=1S/C20H20ClNO/c1-2-23-15-10-11-19-18(12-15)16-4-3-5-17(16)20(22-19)13-6-8-14(21)9-7-13/h3-4,6-12,16-17,20,22H,2,5H2,1H3/t16-,17-,20+/m0/s1. The van der Waals surface area contributed by atoms with Crippen LogP contribution in [0, 0.1) is 5.92 Å². The molecule has 0 spiro atoms. The van der Waals surface area contributed by atoms with Gasteiger partial charge in [0.2, 0.25) is 0 Å². The molecule has 23 heavy (non-hydrogen) atoms. The van der Waals surface area contributed by atoms with Gasteiger partial charge in [-0.2, -0.15) is 0 Å². The minimum atomic E-state index is 0.317. The maximum absolute atomic E-state index is 6.04. The molecule has 3 atom stereocenters. The third-order valence-electron chi connectivity index (χ3n) is 4.87. The van der Waals surface area contributed by atoms with Crippen LogP contribution in [0.15, 0.2) is 54.6 Å². The topological polar surface area (TPSA) is 21.3 Å². The maximum Gasteiger partial charge on any atom is 0.119 e. The van der Waals surface area contributed by atoms with Crippen LogP contribution in [0.25, 0.3) is 0 Å². The molecule has 3 heteroatoms. The summed E-state index contributed by atoms with van der Waals surface area (Å²) in [6.45, 7) is 2.72. The highest BCUT2D eigenvalue weighted by Gasteiger charge is 2.37. The van der Waals surface area contributed by atoms with E-state index in [9.17, 15) is 0 Å². The molecule has 1 heterocycles. The largest absolute Gasteiger partial charge is 0.494 e. The zero-order valence-corrected chi connectivity index (χ0v) is 13.9. The summed E-state index contributed by atoms with van der Waals surface area (Å²) in [6.07, 6.45) is 5.76. The first-order valence-corrected chi connectivity index (χ1v) is 8.59. The van der Waals surface area contributed by atoms with Crippen molar-refractivity contribution in [2.45, 2.75) is 25.3 Å². The van der Waals surface area contributed by atoms with Gasteiger partial charge in [-0.05, 0) is 60.7 Å². The Labute approximate surface area is 142 Å². The van der Waals surface area contributed by atoms with Crippen molar-refractivity contribution in [3.05, 3.63) is 70.8 Å². The van der Waals surface area contributed by atoms with Gasteiger partial charge in [0.25, 0.3) is 0 Å². The van der Waals surface area contributed by atoms with Gasteiger partial charge >= 0.3 is 0 Å². The Morgan fingerprint density at radius 2 is 2.00 bits per heavy atom. The Hall–Kier alpha value is -1.93. The van der Waals surface area contributed by atoms with Gasteiger partial charge in [0, 0.05) is 16.6 Å². The molecule has 0 bridgehead atoms. The van der Waals surface area contributed by atoms with Gasteiger partial charge in [-0.25, -0.2) is 0 Å². The number of halogens is 1. The van der Waals surface area contributed by atoms with E-state index in [-0.39, 0.29) is 0 Å². The normalized spacial score (nSPS) is 24.7. The second-order valence-corrected chi connectivity index (χ2v) is 6.65. The summed E-state index contributed by atoms with van der Waals surface area (Å²) in [5, 5.41) is 4.52. The molecule has 1 aliphatic carbocycles. The molecule has 0 fully saturated rings. The molecule has 0 aromatic heterocycles. The van der Waals surface area contributed by atoms with Crippen molar-refractivity contribution in [1.82, 2.24) is 0 Å². The van der Waals surface area contributed by atoms with E-state index in [0.29, 0.717) is 24.5 Å². The number of fused-ring (bicyclic) bond motifs is 3. The molecule has 0 radical (unpaired) electrons. The Morgan fingerprint density at radius 3 is 2.78 bits per heavy atom. The number of anilines is 1. The number of rotatable bonds is 3. The molecular weight excluding hydrogens is 306 g/mol. The molecule has 2 aromatic carbocycles. The predicted molar refractivity (Wildman–Crippen MR) is 95.4 cm³/mol. The van der Waals surface area contributed by atoms with Crippen LogP contribution in [0.3, 0.4) is 0 Å². The van der Waals surface area contributed by atoms with Crippen molar-refractivity contribution < 1.29 is 4.74 Å². The van der Waals surface area contributed by atoms with Crippen LogP contribution in [-0.4, -0.2) is 6.61 Å². The molecule has 0 amide bonds. The number of hydrogen-bond donors (Lipinski definition) is 1. The van der Waals surface area contributed by atoms with Crippen molar-refractivity contribution in [2.24, 2.45) is 5.92 Å². The first-order valence-electron chi connectivity index (χ1n) is 8.21. The lowest BCUT2D eigenvalue weighted by molar-refractivity contribution is 0.338. The van der Waals surface area contributed by atoms with E-state index < -0.39 is 0 Å². The average Bonchev–Trinajstić information content (AvgIpc) is 3.05. The molecule has 1 aliphatic heterocycles. The first-order chi connectivity index (χ1) is 11.3. The van der Waals surface area contributed by atoms with Crippen LogP contribution in [0.5, 0.6) is 5.75 Å². The maximum atomic E-state index is 6.04. The van der Waals surface area contributed by atoms with Crippen molar-refractivity contribution >= 4 is 17.3 Å². The second-order valence-electron chi connectivity index (χ2n) is 6.21. The number of ether oxygens (including phenoxy) is 1. The fraction of sp³-hybridized carbons (Fsp3) is 0.300. The highest BCUT2D eigenvalue weighted by Crippen LogP contribution is 2.50. The SMILES string of the molecule is CCOc1ccc2c(c1)[C@H]1C=CC[C@@H]1[C@@H](c1ccc(Cl)cc1)N2. The van der Waals surface area contributed by atoms with Crippen molar-refractivity contribution in [3.8, 4) is 5.75 Å². The summed E-state index contributed by atoms with van der Waals surface area (Å²) >= 11 is 6.04. The fourth-order valence-corrected chi connectivity index (χ4v) is 3.96. The highest BCUT2D eigenvalue weighted by atomic mass is 35.5. The van der Waals surface area contributed by atoms with Crippen LogP contribution < -0.4 is 10.1 Å². The average molecular weight is 326 g/mol. The van der Waals surface area contributed by atoms with E-state index in [1.807, 2.05) is 25.1 Å². The van der Waals surface area contributed by atoms with E-state index in [0.717, 1.165) is 17.2 Å². The van der Waals surface area contributed by atoms with Gasteiger partial charge in [0.1, 0.15) is 5.75 Å². The Morgan fingerprint density at radius 1 is 1.17 bits per heavy atom. The Bertz CT molecular complexity index is 738. The number of benzene rings is 2. The lowest BCUT2D eigenvalue weighted by atomic mass is 9.77. The van der Waals surface area contributed by atoms with Crippen molar-refractivity contribution in [3.63, 3.8) is 0 Å². The molecule has 2 aliphatic rings. The molecule has 2 aromatic rings. The van der Waals surface area contributed by atoms with Gasteiger partial charge < -0.3 is 10.1 Å². The summed E-state index contributed by atoms with van der Waals surface area (Å²) < 4.78 is 5.68. The number of allylic oxidation sites excluding steroid dienone is 2. The van der Waals surface area contributed by atoms with E-state index in [4.69, 9.17) is 16.3 Å². The molecule has 1 N–H and O–H groups in total. The molecule has 0 saturated heterocycles. The first kappa shape index (κ1) is 14.6. The summed E-state index contributed by atoms with van der Waals surface area (Å²) in [7, 11) is 0. The van der Waals surface area contributed by atoms with E-state index in [1.54, 1.807) is 0 Å². The lowest BCUT2D eigenvalue weighted by Crippen LogP contribution is -2.29. The van der Waals surface area contributed by atoms with Gasteiger partial charge in [0.15, 0.2) is 0 Å². The molecule has 0 saturated carbocycles. The van der Waals surface area contributed by atoms with Crippen LogP contribution in [-0.2, 0) is 0 Å². The summed E-state index contributed by atoms with van der Waals surface area (Å²) in [5.41, 5.74) is 3.86. The van der Waals surface area contributed by atoms with Gasteiger partial charge in [-0.3, -0.25) is 0 Å². The second kappa shape index (κ2) is 5.93. The summed E-state index contributed by atoms with van der Waals surface area (Å²) in [4.78, 5) is 0. The molecule has 118 valence electrons. The molecule has 4 rings (SSSR count). The predicted octanol–water partition coefficient (Wildman–Crippen LogP) is 5.57. The molecular formula is C20H20ClNO.